The summed E-state index contributed by atoms with van der Waals surface area (Å²) < 4.78 is 14.2. The van der Waals surface area contributed by atoms with Crippen LogP contribution in [-0.4, -0.2) is 12.6 Å². The van der Waals surface area contributed by atoms with E-state index in [1.165, 1.54) is 38.5 Å². The third-order valence-electron chi connectivity index (χ3n) is 4.52. The summed E-state index contributed by atoms with van der Waals surface area (Å²) in [6, 6.07) is 7.80. The summed E-state index contributed by atoms with van der Waals surface area (Å²) in [5, 5.41) is 3.52. The molecule has 2 rings (SSSR count). The van der Waals surface area contributed by atoms with Crippen LogP contribution in [0.4, 0.5) is 4.39 Å². The fourth-order valence-electron chi connectivity index (χ4n) is 3.38. The maximum Gasteiger partial charge on any atom is 0.126 e. The average molecular weight is 277 g/mol. The molecule has 1 atom stereocenters. The normalized spacial score (nSPS) is 19.0. The zero-order valence-electron chi connectivity index (χ0n) is 12.9. The van der Waals surface area contributed by atoms with Crippen molar-refractivity contribution in [1.29, 1.82) is 0 Å². The van der Waals surface area contributed by atoms with Crippen molar-refractivity contribution in [3.63, 3.8) is 0 Å². The van der Waals surface area contributed by atoms with Gasteiger partial charge < -0.3 is 5.32 Å². The lowest BCUT2D eigenvalue weighted by Gasteiger charge is -2.28. The van der Waals surface area contributed by atoms with Gasteiger partial charge in [0.1, 0.15) is 5.82 Å². The smallest absolute Gasteiger partial charge is 0.126 e. The van der Waals surface area contributed by atoms with Crippen molar-refractivity contribution < 1.29 is 4.39 Å². The van der Waals surface area contributed by atoms with E-state index in [1.807, 2.05) is 12.1 Å². The average Bonchev–Trinajstić information content (AvgIpc) is 2.70. The van der Waals surface area contributed by atoms with Gasteiger partial charge in [0.05, 0.1) is 0 Å². The molecular weight excluding hydrogens is 249 g/mol. The molecule has 1 aliphatic carbocycles. The SMILES string of the molecule is CC(C)NCC(c1ccccc1F)C1CCCCCC1. The maximum atomic E-state index is 14.2. The minimum absolute atomic E-state index is 0.0349. The third-order valence-corrected chi connectivity index (χ3v) is 4.52. The molecule has 112 valence electrons. The predicted octanol–water partition coefficient (Wildman–Crippen LogP) is 4.88. The molecule has 0 aromatic heterocycles. The zero-order chi connectivity index (χ0) is 14.4. The number of rotatable bonds is 5. The van der Waals surface area contributed by atoms with E-state index in [0.29, 0.717) is 17.9 Å². The van der Waals surface area contributed by atoms with Gasteiger partial charge >= 0.3 is 0 Å². The van der Waals surface area contributed by atoms with E-state index in [9.17, 15) is 4.39 Å². The van der Waals surface area contributed by atoms with Crippen LogP contribution in [0.3, 0.4) is 0 Å². The molecule has 1 N–H and O–H groups in total. The Kier molecular flexibility index (Phi) is 6.03. The van der Waals surface area contributed by atoms with E-state index < -0.39 is 0 Å². The van der Waals surface area contributed by atoms with Gasteiger partial charge in [-0.15, -0.1) is 0 Å². The second kappa shape index (κ2) is 7.78. The van der Waals surface area contributed by atoms with Crippen LogP contribution in [0, 0.1) is 11.7 Å². The number of benzene rings is 1. The number of hydrogen-bond donors (Lipinski definition) is 1. The van der Waals surface area contributed by atoms with Gasteiger partial charge in [-0.2, -0.15) is 0 Å². The van der Waals surface area contributed by atoms with Crippen molar-refractivity contribution in [1.82, 2.24) is 5.32 Å². The summed E-state index contributed by atoms with van der Waals surface area (Å²) in [5.41, 5.74) is 0.910. The molecule has 1 fully saturated rings. The highest BCUT2D eigenvalue weighted by molar-refractivity contribution is 5.23. The lowest BCUT2D eigenvalue weighted by atomic mass is 9.81. The highest BCUT2D eigenvalue weighted by Crippen LogP contribution is 2.35. The highest BCUT2D eigenvalue weighted by Gasteiger charge is 2.26. The van der Waals surface area contributed by atoms with Crippen LogP contribution >= 0.6 is 0 Å². The van der Waals surface area contributed by atoms with Crippen molar-refractivity contribution >= 4 is 0 Å². The molecule has 1 aromatic rings. The Morgan fingerprint density at radius 1 is 1.10 bits per heavy atom. The predicted molar refractivity (Wildman–Crippen MR) is 83.5 cm³/mol. The standard InChI is InChI=1S/C18H28FN/c1-14(2)20-13-17(15-9-5-3-4-6-10-15)16-11-7-8-12-18(16)19/h7-8,11-12,14-15,17,20H,3-6,9-10,13H2,1-2H3. The van der Waals surface area contributed by atoms with Crippen molar-refractivity contribution in [3.8, 4) is 0 Å². The second-order valence-electron chi connectivity index (χ2n) is 6.44. The van der Waals surface area contributed by atoms with Gasteiger partial charge in [0.25, 0.3) is 0 Å². The van der Waals surface area contributed by atoms with Crippen LogP contribution < -0.4 is 5.32 Å². The van der Waals surface area contributed by atoms with Crippen molar-refractivity contribution in [3.05, 3.63) is 35.6 Å². The number of halogens is 1. The first-order chi connectivity index (χ1) is 9.68. The molecule has 1 aliphatic rings. The molecule has 1 saturated carbocycles. The molecule has 2 heteroatoms. The Hall–Kier alpha value is -0.890. The lowest BCUT2D eigenvalue weighted by Crippen LogP contribution is -2.31. The number of nitrogens with one attached hydrogen (secondary N) is 1. The molecule has 0 bridgehead atoms. The van der Waals surface area contributed by atoms with Crippen LogP contribution in [0.1, 0.15) is 63.9 Å². The molecule has 0 saturated heterocycles. The summed E-state index contributed by atoms with van der Waals surface area (Å²) in [5.74, 6) is 0.907. The fraction of sp³-hybridized carbons (Fsp3) is 0.667. The molecule has 0 radical (unpaired) electrons. The summed E-state index contributed by atoms with van der Waals surface area (Å²) in [4.78, 5) is 0. The van der Waals surface area contributed by atoms with E-state index >= 15 is 0 Å². The van der Waals surface area contributed by atoms with Gasteiger partial charge in [-0.25, -0.2) is 4.39 Å². The van der Waals surface area contributed by atoms with E-state index in [2.05, 4.69) is 19.2 Å². The Balaban J connectivity index is 2.16. The van der Waals surface area contributed by atoms with Gasteiger partial charge in [0.15, 0.2) is 0 Å². The third kappa shape index (κ3) is 4.31. The summed E-state index contributed by atoms with van der Waals surface area (Å²) in [6.45, 7) is 5.21. The van der Waals surface area contributed by atoms with Crippen molar-refractivity contribution in [2.24, 2.45) is 5.92 Å². The van der Waals surface area contributed by atoms with Gasteiger partial charge in [-0.1, -0.05) is 57.7 Å². The first kappa shape index (κ1) is 15.5. The molecule has 0 amide bonds. The van der Waals surface area contributed by atoms with Crippen LogP contribution in [-0.2, 0) is 0 Å². The maximum absolute atomic E-state index is 14.2. The summed E-state index contributed by atoms with van der Waals surface area (Å²) in [7, 11) is 0. The fourth-order valence-corrected chi connectivity index (χ4v) is 3.38. The molecule has 0 aliphatic heterocycles. The van der Waals surface area contributed by atoms with E-state index in [0.717, 1.165) is 12.1 Å². The molecule has 1 unspecified atom stereocenters. The van der Waals surface area contributed by atoms with Crippen LogP contribution in [0.2, 0.25) is 0 Å². The Morgan fingerprint density at radius 3 is 2.35 bits per heavy atom. The van der Waals surface area contributed by atoms with Crippen molar-refractivity contribution in [2.75, 3.05) is 6.54 Å². The first-order valence-electron chi connectivity index (χ1n) is 8.16. The van der Waals surface area contributed by atoms with Gasteiger partial charge in [0, 0.05) is 18.5 Å². The molecule has 1 aromatic carbocycles. The molecule has 0 spiro atoms. The quantitative estimate of drug-likeness (QED) is 0.757. The monoisotopic (exact) mass is 277 g/mol. The Bertz CT molecular complexity index is 394. The second-order valence-corrected chi connectivity index (χ2v) is 6.44. The van der Waals surface area contributed by atoms with Gasteiger partial charge in [-0.3, -0.25) is 0 Å². The van der Waals surface area contributed by atoms with Crippen LogP contribution in [0.25, 0.3) is 0 Å². The largest absolute Gasteiger partial charge is 0.314 e. The van der Waals surface area contributed by atoms with Crippen LogP contribution in [0.15, 0.2) is 24.3 Å². The molecule has 20 heavy (non-hydrogen) atoms. The van der Waals surface area contributed by atoms with Gasteiger partial charge in [0.2, 0.25) is 0 Å². The van der Waals surface area contributed by atoms with E-state index in [4.69, 9.17) is 0 Å². The Morgan fingerprint density at radius 2 is 1.75 bits per heavy atom. The Labute approximate surface area is 123 Å². The van der Waals surface area contributed by atoms with Crippen molar-refractivity contribution in [2.45, 2.75) is 64.3 Å². The lowest BCUT2D eigenvalue weighted by molar-refractivity contribution is 0.345. The molecular formula is C18H28FN. The van der Waals surface area contributed by atoms with Crippen LogP contribution in [0.5, 0.6) is 0 Å². The van der Waals surface area contributed by atoms with E-state index in [1.54, 1.807) is 12.1 Å². The topological polar surface area (TPSA) is 12.0 Å². The molecule has 0 heterocycles. The minimum atomic E-state index is -0.0349. The highest BCUT2D eigenvalue weighted by atomic mass is 19.1. The van der Waals surface area contributed by atoms with Gasteiger partial charge in [-0.05, 0) is 30.4 Å². The first-order valence-corrected chi connectivity index (χ1v) is 8.16. The molecule has 1 nitrogen and oxygen atoms in total. The summed E-state index contributed by atoms with van der Waals surface area (Å²) >= 11 is 0. The number of hydrogen-bond acceptors (Lipinski definition) is 1. The van der Waals surface area contributed by atoms with E-state index in [-0.39, 0.29) is 5.82 Å². The summed E-state index contributed by atoms with van der Waals surface area (Å²) in [6.07, 6.45) is 7.79. The minimum Gasteiger partial charge on any atom is -0.314 e. The zero-order valence-corrected chi connectivity index (χ0v) is 12.9.